The predicted molar refractivity (Wildman–Crippen MR) is 26.9 cm³/mol. The molecule has 1 amide bonds. The van der Waals surface area contributed by atoms with Crippen molar-refractivity contribution in [2.45, 2.75) is 19.1 Å². The number of hydrogen-bond donors (Lipinski definition) is 3. The van der Waals surface area contributed by atoms with Gasteiger partial charge in [-0.15, -0.1) is 0 Å². The quantitative estimate of drug-likeness (QED) is 0.401. The van der Waals surface area contributed by atoms with Gasteiger partial charge in [-0.25, -0.2) is 0 Å². The van der Waals surface area contributed by atoms with Gasteiger partial charge >= 0.3 is 0 Å². The number of nitrogens with two attached hydrogens (primary N) is 1. The highest BCUT2D eigenvalue weighted by Gasteiger charge is 2.15. The maximum atomic E-state index is 9.95. The van der Waals surface area contributed by atoms with Crippen molar-refractivity contribution >= 4 is 5.91 Å². The maximum absolute atomic E-state index is 9.95. The molecule has 0 aromatic carbocycles. The summed E-state index contributed by atoms with van der Waals surface area (Å²) in [5.74, 6) is -0.903. The standard InChI is InChI=1S/C4H9NO3/c1-2(6)3(7)4(5)8/h2-3,6-7H,1H3,(H2,5,8)/t2?,3-/m0/s1. The van der Waals surface area contributed by atoms with E-state index in [1.165, 1.54) is 6.92 Å². The molecule has 0 spiro atoms. The zero-order chi connectivity index (χ0) is 6.73. The predicted octanol–water partition coefficient (Wildman–Crippen LogP) is -1.79. The Morgan fingerprint density at radius 3 is 2.00 bits per heavy atom. The number of rotatable bonds is 2. The minimum Gasteiger partial charge on any atom is -0.390 e. The van der Waals surface area contributed by atoms with E-state index < -0.39 is 18.1 Å². The van der Waals surface area contributed by atoms with Gasteiger partial charge in [0.05, 0.1) is 6.10 Å². The summed E-state index contributed by atoms with van der Waals surface area (Å²) >= 11 is 0. The Bertz CT molecular complexity index is 91.3. The van der Waals surface area contributed by atoms with Crippen molar-refractivity contribution in [2.75, 3.05) is 0 Å². The third-order valence-corrected chi connectivity index (χ3v) is 0.748. The molecule has 0 saturated carbocycles. The Labute approximate surface area is 46.9 Å². The first-order valence-electron chi connectivity index (χ1n) is 2.21. The van der Waals surface area contributed by atoms with E-state index in [1.807, 2.05) is 0 Å². The van der Waals surface area contributed by atoms with Gasteiger partial charge in [0.25, 0.3) is 0 Å². The lowest BCUT2D eigenvalue weighted by Crippen LogP contribution is -2.36. The van der Waals surface area contributed by atoms with Gasteiger partial charge in [0.2, 0.25) is 5.91 Å². The smallest absolute Gasteiger partial charge is 0.248 e. The number of hydrogen-bond acceptors (Lipinski definition) is 3. The second-order valence-electron chi connectivity index (χ2n) is 1.59. The van der Waals surface area contributed by atoms with E-state index in [2.05, 4.69) is 5.73 Å². The average Bonchev–Trinajstić information content (AvgIpc) is 1.64. The highest BCUT2D eigenvalue weighted by Crippen LogP contribution is 1.87. The molecule has 0 aliphatic carbocycles. The van der Waals surface area contributed by atoms with E-state index in [0.717, 1.165) is 0 Å². The van der Waals surface area contributed by atoms with Crippen LogP contribution in [0.1, 0.15) is 6.92 Å². The monoisotopic (exact) mass is 119 g/mol. The van der Waals surface area contributed by atoms with Gasteiger partial charge in [-0.3, -0.25) is 4.79 Å². The van der Waals surface area contributed by atoms with Crippen LogP contribution in [0, 0.1) is 0 Å². The van der Waals surface area contributed by atoms with Crippen LogP contribution in [0.25, 0.3) is 0 Å². The molecule has 0 heterocycles. The van der Waals surface area contributed by atoms with E-state index in [9.17, 15) is 4.79 Å². The van der Waals surface area contributed by atoms with Crippen molar-refractivity contribution in [1.29, 1.82) is 0 Å². The molecular weight excluding hydrogens is 110 g/mol. The van der Waals surface area contributed by atoms with Gasteiger partial charge in [-0.05, 0) is 6.92 Å². The molecule has 4 N–H and O–H groups in total. The summed E-state index contributed by atoms with van der Waals surface area (Å²) in [5, 5.41) is 16.9. The molecule has 0 aromatic rings. The summed E-state index contributed by atoms with van der Waals surface area (Å²) < 4.78 is 0. The zero-order valence-corrected chi connectivity index (χ0v) is 4.53. The molecule has 0 aliphatic heterocycles. The van der Waals surface area contributed by atoms with Crippen LogP contribution < -0.4 is 5.73 Å². The van der Waals surface area contributed by atoms with Gasteiger partial charge in [0.1, 0.15) is 0 Å². The summed E-state index contributed by atoms with van der Waals surface area (Å²) in [4.78, 5) is 9.95. The molecule has 0 aromatic heterocycles. The molecule has 0 bridgehead atoms. The minimum absolute atomic E-state index is 0.903. The summed E-state index contributed by atoms with van der Waals surface area (Å²) in [6.45, 7) is 1.29. The van der Waals surface area contributed by atoms with Gasteiger partial charge in [-0.1, -0.05) is 0 Å². The molecule has 48 valence electrons. The van der Waals surface area contributed by atoms with Gasteiger partial charge in [0.15, 0.2) is 6.10 Å². The summed E-state index contributed by atoms with van der Waals surface area (Å²) in [5.41, 5.74) is 4.59. The Kier molecular flexibility index (Phi) is 2.44. The first-order chi connectivity index (χ1) is 3.55. The lowest BCUT2D eigenvalue weighted by atomic mass is 10.2. The van der Waals surface area contributed by atoms with Crippen molar-refractivity contribution < 1.29 is 15.0 Å². The van der Waals surface area contributed by atoms with E-state index in [4.69, 9.17) is 10.2 Å². The molecule has 0 radical (unpaired) electrons. The Morgan fingerprint density at radius 1 is 1.62 bits per heavy atom. The van der Waals surface area contributed by atoms with E-state index in [1.54, 1.807) is 0 Å². The Hall–Kier alpha value is -0.610. The molecule has 0 fully saturated rings. The van der Waals surface area contributed by atoms with Crippen LogP contribution in [-0.2, 0) is 4.79 Å². The molecule has 2 atom stereocenters. The first kappa shape index (κ1) is 7.39. The third-order valence-electron chi connectivity index (χ3n) is 0.748. The molecular formula is C4H9NO3. The van der Waals surface area contributed by atoms with Crippen LogP contribution in [0.15, 0.2) is 0 Å². The zero-order valence-electron chi connectivity index (χ0n) is 4.53. The minimum atomic E-state index is -1.44. The molecule has 0 rings (SSSR count). The number of aliphatic hydroxyl groups is 2. The molecule has 4 nitrogen and oxygen atoms in total. The fourth-order valence-electron chi connectivity index (χ4n) is 0.238. The number of amides is 1. The van der Waals surface area contributed by atoms with Crippen LogP contribution in [0.3, 0.4) is 0 Å². The van der Waals surface area contributed by atoms with Crippen molar-refractivity contribution in [2.24, 2.45) is 5.73 Å². The highest BCUT2D eigenvalue weighted by molar-refractivity contribution is 5.79. The molecule has 0 aliphatic rings. The fraction of sp³-hybridized carbons (Fsp3) is 0.750. The second-order valence-corrected chi connectivity index (χ2v) is 1.59. The van der Waals surface area contributed by atoms with Crippen molar-refractivity contribution in [3.63, 3.8) is 0 Å². The average molecular weight is 119 g/mol. The lowest BCUT2D eigenvalue weighted by Gasteiger charge is -2.07. The summed E-state index contributed by atoms with van der Waals surface area (Å²) in [6.07, 6.45) is -2.51. The number of carbonyl (C=O) groups is 1. The van der Waals surface area contributed by atoms with Crippen molar-refractivity contribution in [3.05, 3.63) is 0 Å². The first-order valence-corrected chi connectivity index (χ1v) is 2.21. The summed E-state index contributed by atoms with van der Waals surface area (Å²) in [7, 11) is 0. The lowest BCUT2D eigenvalue weighted by molar-refractivity contribution is -0.130. The SMILES string of the molecule is CC(O)[C@H](O)C(N)=O. The molecule has 8 heavy (non-hydrogen) atoms. The van der Waals surface area contributed by atoms with Crippen LogP contribution in [0.5, 0.6) is 0 Å². The molecule has 0 saturated heterocycles. The van der Waals surface area contributed by atoms with Gasteiger partial charge in [-0.2, -0.15) is 0 Å². The van der Waals surface area contributed by atoms with E-state index in [0.29, 0.717) is 0 Å². The normalized spacial score (nSPS) is 17.4. The van der Waals surface area contributed by atoms with E-state index >= 15 is 0 Å². The van der Waals surface area contributed by atoms with Gasteiger partial charge in [0, 0.05) is 0 Å². The van der Waals surface area contributed by atoms with Gasteiger partial charge < -0.3 is 15.9 Å². The maximum Gasteiger partial charge on any atom is 0.248 e. The van der Waals surface area contributed by atoms with E-state index in [-0.39, 0.29) is 0 Å². The Balaban J connectivity index is 3.64. The third kappa shape index (κ3) is 1.90. The van der Waals surface area contributed by atoms with Crippen LogP contribution in [0.4, 0.5) is 0 Å². The number of primary amides is 1. The largest absolute Gasteiger partial charge is 0.390 e. The Morgan fingerprint density at radius 2 is 2.00 bits per heavy atom. The molecule has 1 unspecified atom stereocenters. The van der Waals surface area contributed by atoms with Crippen LogP contribution in [-0.4, -0.2) is 28.3 Å². The fourth-order valence-corrected chi connectivity index (χ4v) is 0.238. The topological polar surface area (TPSA) is 83.6 Å². The van der Waals surface area contributed by atoms with Crippen LogP contribution >= 0.6 is 0 Å². The summed E-state index contributed by atoms with van der Waals surface area (Å²) in [6, 6.07) is 0. The molecule has 4 heteroatoms. The number of aliphatic hydroxyl groups excluding tert-OH is 2. The second kappa shape index (κ2) is 2.64. The number of carbonyl (C=O) groups excluding carboxylic acids is 1. The highest BCUT2D eigenvalue weighted by atomic mass is 16.3. The van der Waals surface area contributed by atoms with Crippen molar-refractivity contribution in [3.8, 4) is 0 Å². The van der Waals surface area contributed by atoms with Crippen molar-refractivity contribution in [1.82, 2.24) is 0 Å². The van der Waals surface area contributed by atoms with Crippen LogP contribution in [0.2, 0.25) is 0 Å².